The van der Waals surface area contributed by atoms with Crippen molar-refractivity contribution in [2.75, 3.05) is 0 Å². The minimum absolute atomic E-state index is 0.218. The lowest BCUT2D eigenvalue weighted by Crippen LogP contribution is -2.50. The summed E-state index contributed by atoms with van der Waals surface area (Å²) in [7, 11) is 0. The van der Waals surface area contributed by atoms with Crippen LogP contribution in [0.1, 0.15) is 30.4 Å². The van der Waals surface area contributed by atoms with Gasteiger partial charge < -0.3 is 15.7 Å². The number of thiophene rings is 1. The highest BCUT2D eigenvalue weighted by molar-refractivity contribution is 7.08. The fraction of sp³-hybridized carbons (Fsp3) is 0.600. The Morgan fingerprint density at radius 1 is 1.33 bits per heavy atom. The number of amides is 2. The van der Waals surface area contributed by atoms with Crippen LogP contribution in [0, 0.1) is 24.7 Å². The third kappa shape index (κ3) is 2.77. The molecule has 1 aromatic heterocycles. The molecule has 1 heterocycles. The first-order valence-corrected chi connectivity index (χ1v) is 8.29. The highest BCUT2D eigenvalue weighted by atomic mass is 32.1. The first-order chi connectivity index (χ1) is 10.1. The first kappa shape index (κ1) is 14.4. The number of carboxylic acid groups (broad SMARTS) is 1. The summed E-state index contributed by atoms with van der Waals surface area (Å²) in [5.74, 6) is -0.639. The van der Waals surface area contributed by atoms with Gasteiger partial charge in [-0.05, 0) is 59.9 Å². The van der Waals surface area contributed by atoms with Crippen LogP contribution >= 0.6 is 11.3 Å². The fourth-order valence-corrected chi connectivity index (χ4v) is 4.66. The second kappa shape index (κ2) is 5.67. The largest absolute Gasteiger partial charge is 0.481 e. The molecular weight excluding hydrogens is 288 g/mol. The summed E-state index contributed by atoms with van der Waals surface area (Å²) < 4.78 is 0. The Labute approximate surface area is 127 Å². The Morgan fingerprint density at radius 3 is 2.76 bits per heavy atom. The zero-order chi connectivity index (χ0) is 15.0. The highest BCUT2D eigenvalue weighted by Crippen LogP contribution is 2.48. The number of nitrogens with one attached hydrogen (secondary N) is 2. The molecule has 2 aliphatic rings. The minimum atomic E-state index is -0.777. The van der Waals surface area contributed by atoms with Crippen molar-refractivity contribution in [3.05, 3.63) is 21.9 Å². The van der Waals surface area contributed by atoms with Gasteiger partial charge in [0.25, 0.3) is 0 Å². The average Bonchev–Trinajstić information content (AvgIpc) is 3.12. The standard InChI is InChI=1S/C15H20N2O3S/c1-8-6-21-7-11(8)5-16-15(20)17-13-10-3-2-9(4-10)12(13)14(18)19/h6-7,9-10,12-13H,2-5H2,1H3,(H,18,19)(H2,16,17,20). The van der Waals surface area contributed by atoms with Gasteiger partial charge in [-0.25, -0.2) is 4.79 Å². The molecule has 21 heavy (non-hydrogen) atoms. The molecular formula is C15H20N2O3S. The third-order valence-corrected chi connectivity index (χ3v) is 5.81. The van der Waals surface area contributed by atoms with Crippen molar-refractivity contribution in [2.45, 2.75) is 38.8 Å². The van der Waals surface area contributed by atoms with E-state index in [1.165, 1.54) is 5.56 Å². The van der Waals surface area contributed by atoms with Crippen LogP contribution in [-0.2, 0) is 11.3 Å². The topological polar surface area (TPSA) is 78.4 Å². The molecule has 3 N–H and O–H groups in total. The number of fused-ring (bicyclic) bond motifs is 2. The number of aliphatic carboxylic acids is 1. The molecule has 2 aliphatic carbocycles. The van der Waals surface area contributed by atoms with Crippen molar-refractivity contribution in [3.63, 3.8) is 0 Å². The minimum Gasteiger partial charge on any atom is -0.481 e. The van der Waals surface area contributed by atoms with Crippen molar-refractivity contribution in [1.29, 1.82) is 0 Å². The summed E-state index contributed by atoms with van der Waals surface area (Å²) in [5, 5.41) is 19.2. The van der Waals surface area contributed by atoms with Crippen molar-refractivity contribution in [1.82, 2.24) is 10.6 Å². The molecule has 5 nitrogen and oxygen atoms in total. The molecule has 4 unspecified atom stereocenters. The van der Waals surface area contributed by atoms with E-state index in [0.717, 1.165) is 24.8 Å². The van der Waals surface area contributed by atoms with E-state index in [0.29, 0.717) is 12.5 Å². The van der Waals surface area contributed by atoms with Crippen LogP contribution in [0.25, 0.3) is 0 Å². The summed E-state index contributed by atoms with van der Waals surface area (Å²) in [5.41, 5.74) is 2.28. The van der Waals surface area contributed by atoms with Gasteiger partial charge in [-0.1, -0.05) is 0 Å². The molecule has 114 valence electrons. The maximum absolute atomic E-state index is 12.0. The zero-order valence-electron chi connectivity index (χ0n) is 12.0. The molecule has 1 aromatic rings. The predicted octanol–water partition coefficient (Wildman–Crippen LogP) is 2.36. The van der Waals surface area contributed by atoms with Gasteiger partial charge in [-0.15, -0.1) is 0 Å². The lowest BCUT2D eigenvalue weighted by Gasteiger charge is -2.28. The van der Waals surface area contributed by atoms with Crippen LogP contribution in [0.3, 0.4) is 0 Å². The molecule has 4 atom stereocenters. The Bertz CT molecular complexity index is 557. The number of carbonyl (C=O) groups excluding carboxylic acids is 1. The molecule has 0 aromatic carbocycles. The molecule has 2 bridgehead atoms. The second-order valence-corrected chi connectivity index (χ2v) is 6.87. The van der Waals surface area contributed by atoms with Gasteiger partial charge in [-0.3, -0.25) is 4.79 Å². The Morgan fingerprint density at radius 2 is 2.10 bits per heavy atom. The molecule has 6 heteroatoms. The number of urea groups is 1. The maximum Gasteiger partial charge on any atom is 0.315 e. The summed E-state index contributed by atoms with van der Waals surface area (Å²) >= 11 is 1.62. The van der Waals surface area contributed by atoms with Crippen LogP contribution in [-0.4, -0.2) is 23.1 Å². The van der Waals surface area contributed by atoms with E-state index in [1.54, 1.807) is 11.3 Å². The molecule has 0 radical (unpaired) electrons. The van der Waals surface area contributed by atoms with E-state index in [9.17, 15) is 14.7 Å². The predicted molar refractivity (Wildman–Crippen MR) is 80.2 cm³/mol. The molecule has 3 rings (SSSR count). The summed E-state index contributed by atoms with van der Waals surface area (Å²) in [6.45, 7) is 2.50. The number of carbonyl (C=O) groups is 2. The Balaban J connectivity index is 1.57. The van der Waals surface area contributed by atoms with Crippen LogP contribution in [0.15, 0.2) is 10.8 Å². The Hall–Kier alpha value is -1.56. The number of carboxylic acids is 1. The summed E-state index contributed by atoms with van der Waals surface area (Å²) in [6.07, 6.45) is 2.95. The van der Waals surface area contributed by atoms with Crippen molar-refractivity contribution in [2.24, 2.45) is 17.8 Å². The lowest BCUT2D eigenvalue weighted by molar-refractivity contribution is -0.144. The van der Waals surface area contributed by atoms with Gasteiger partial charge >= 0.3 is 12.0 Å². The van der Waals surface area contributed by atoms with E-state index in [-0.39, 0.29) is 18.0 Å². The van der Waals surface area contributed by atoms with Crippen molar-refractivity contribution in [3.8, 4) is 0 Å². The number of hydrogen-bond acceptors (Lipinski definition) is 3. The van der Waals surface area contributed by atoms with E-state index < -0.39 is 11.9 Å². The van der Waals surface area contributed by atoms with E-state index in [1.807, 2.05) is 17.7 Å². The third-order valence-electron chi connectivity index (χ3n) is 4.90. The fourth-order valence-electron chi connectivity index (χ4n) is 3.80. The second-order valence-electron chi connectivity index (χ2n) is 6.13. The van der Waals surface area contributed by atoms with Crippen LogP contribution in [0.2, 0.25) is 0 Å². The molecule has 2 fully saturated rings. The maximum atomic E-state index is 12.0. The van der Waals surface area contributed by atoms with Crippen LogP contribution < -0.4 is 10.6 Å². The van der Waals surface area contributed by atoms with Crippen LogP contribution in [0.4, 0.5) is 4.79 Å². The van der Waals surface area contributed by atoms with Crippen molar-refractivity contribution >= 4 is 23.3 Å². The van der Waals surface area contributed by atoms with Gasteiger partial charge in [0.05, 0.1) is 5.92 Å². The molecule has 0 saturated heterocycles. The number of aryl methyl sites for hydroxylation is 1. The van der Waals surface area contributed by atoms with E-state index >= 15 is 0 Å². The molecule has 0 spiro atoms. The SMILES string of the molecule is Cc1cscc1CNC(=O)NC1C2CCC(C2)C1C(=O)O. The van der Waals surface area contributed by atoms with E-state index in [2.05, 4.69) is 10.6 Å². The van der Waals surface area contributed by atoms with Gasteiger partial charge in [0.1, 0.15) is 0 Å². The first-order valence-electron chi connectivity index (χ1n) is 7.35. The van der Waals surface area contributed by atoms with Gasteiger partial charge in [0.15, 0.2) is 0 Å². The molecule has 2 saturated carbocycles. The monoisotopic (exact) mass is 308 g/mol. The normalized spacial score (nSPS) is 30.3. The van der Waals surface area contributed by atoms with Gasteiger partial charge in [0, 0.05) is 12.6 Å². The number of rotatable bonds is 4. The Kier molecular flexibility index (Phi) is 3.89. The number of hydrogen-bond donors (Lipinski definition) is 3. The van der Waals surface area contributed by atoms with Crippen molar-refractivity contribution < 1.29 is 14.7 Å². The van der Waals surface area contributed by atoms with Crippen LogP contribution in [0.5, 0.6) is 0 Å². The zero-order valence-corrected chi connectivity index (χ0v) is 12.8. The lowest BCUT2D eigenvalue weighted by atomic mass is 9.84. The smallest absolute Gasteiger partial charge is 0.315 e. The summed E-state index contributed by atoms with van der Waals surface area (Å²) in [4.78, 5) is 23.4. The molecule has 0 aliphatic heterocycles. The van der Waals surface area contributed by atoms with Gasteiger partial charge in [-0.2, -0.15) is 11.3 Å². The van der Waals surface area contributed by atoms with E-state index in [4.69, 9.17) is 0 Å². The van der Waals surface area contributed by atoms with Gasteiger partial charge in [0.2, 0.25) is 0 Å². The molecule has 2 amide bonds. The summed E-state index contributed by atoms with van der Waals surface area (Å²) in [6, 6.07) is -0.478. The quantitative estimate of drug-likeness (QED) is 0.799. The average molecular weight is 308 g/mol. The highest BCUT2D eigenvalue weighted by Gasteiger charge is 2.51.